The first-order valence-corrected chi connectivity index (χ1v) is 9.67. The highest BCUT2D eigenvalue weighted by Crippen LogP contribution is 2.33. The van der Waals surface area contributed by atoms with Crippen molar-refractivity contribution >= 4 is 21.6 Å². The summed E-state index contributed by atoms with van der Waals surface area (Å²) in [7, 11) is 0. The average molecular weight is 348 g/mol. The molecule has 0 aliphatic heterocycles. The van der Waals surface area contributed by atoms with Gasteiger partial charge in [0.25, 0.3) is 5.56 Å². The van der Waals surface area contributed by atoms with Crippen LogP contribution in [0.4, 0.5) is 0 Å². The molecule has 3 aromatic rings. The van der Waals surface area contributed by atoms with Crippen LogP contribution in [0.1, 0.15) is 36.7 Å². The summed E-state index contributed by atoms with van der Waals surface area (Å²) in [5.74, 6) is 3.34. The monoisotopic (exact) mass is 348 g/mol. The summed E-state index contributed by atoms with van der Waals surface area (Å²) in [6.45, 7) is 2.27. The third-order valence-electron chi connectivity index (χ3n) is 5.00. The first-order chi connectivity index (χ1) is 12.2. The lowest BCUT2D eigenvalue weighted by Crippen LogP contribution is -2.24. The summed E-state index contributed by atoms with van der Waals surface area (Å²) < 4.78 is 1.64. The van der Waals surface area contributed by atoms with Crippen LogP contribution in [-0.4, -0.2) is 9.55 Å². The minimum Gasteiger partial charge on any atom is -0.284 e. The third kappa shape index (κ3) is 2.69. The maximum Gasteiger partial charge on any atom is 0.263 e. The van der Waals surface area contributed by atoms with Gasteiger partial charge in [-0.1, -0.05) is 31.0 Å². The van der Waals surface area contributed by atoms with Gasteiger partial charge in [-0.15, -0.1) is 17.8 Å². The van der Waals surface area contributed by atoms with Crippen LogP contribution >= 0.6 is 11.3 Å². The number of fused-ring (bicyclic) bond motifs is 2. The van der Waals surface area contributed by atoms with Crippen LogP contribution in [0.2, 0.25) is 0 Å². The number of terminal acetylenes is 1. The zero-order valence-electron chi connectivity index (χ0n) is 14.3. The van der Waals surface area contributed by atoms with Gasteiger partial charge in [0.05, 0.1) is 11.9 Å². The van der Waals surface area contributed by atoms with E-state index >= 15 is 0 Å². The highest BCUT2D eigenvalue weighted by Gasteiger charge is 2.17. The van der Waals surface area contributed by atoms with Crippen LogP contribution in [0.3, 0.4) is 0 Å². The van der Waals surface area contributed by atoms with Crippen molar-refractivity contribution in [2.75, 3.05) is 0 Å². The van der Waals surface area contributed by atoms with Gasteiger partial charge >= 0.3 is 0 Å². The lowest BCUT2D eigenvalue weighted by molar-refractivity contribution is 0.686. The Labute approximate surface area is 151 Å². The first kappa shape index (κ1) is 16.1. The van der Waals surface area contributed by atoms with Crippen molar-refractivity contribution in [2.45, 2.75) is 45.6 Å². The number of aromatic nitrogens is 2. The van der Waals surface area contributed by atoms with E-state index in [2.05, 4.69) is 29.5 Å². The molecule has 0 saturated carbocycles. The summed E-state index contributed by atoms with van der Waals surface area (Å²) in [4.78, 5) is 18.6. The minimum atomic E-state index is -0.0197. The molecule has 0 bridgehead atoms. The molecule has 0 saturated heterocycles. The molecule has 0 spiro atoms. The topological polar surface area (TPSA) is 34.9 Å². The Morgan fingerprint density at radius 2 is 2.08 bits per heavy atom. The number of benzene rings is 1. The normalized spacial score (nSPS) is 13.6. The zero-order chi connectivity index (χ0) is 17.4. The van der Waals surface area contributed by atoms with Gasteiger partial charge in [0.1, 0.15) is 10.7 Å². The number of hydrogen-bond donors (Lipinski definition) is 0. The first-order valence-electron chi connectivity index (χ1n) is 8.79. The molecule has 1 aliphatic carbocycles. The Bertz CT molecular complexity index is 1050. The highest BCUT2D eigenvalue weighted by atomic mass is 32.1. The molecule has 1 aliphatic rings. The molecule has 2 aromatic heterocycles. The fourth-order valence-electron chi connectivity index (χ4n) is 3.70. The van der Waals surface area contributed by atoms with E-state index in [0.29, 0.717) is 11.8 Å². The van der Waals surface area contributed by atoms with Crippen molar-refractivity contribution in [2.24, 2.45) is 0 Å². The lowest BCUT2D eigenvalue weighted by Gasteiger charge is -2.16. The molecule has 0 atom stereocenters. The molecule has 126 valence electrons. The van der Waals surface area contributed by atoms with Crippen LogP contribution in [-0.2, 0) is 25.8 Å². The van der Waals surface area contributed by atoms with Crippen LogP contribution in [0, 0.1) is 12.3 Å². The van der Waals surface area contributed by atoms with Gasteiger partial charge in [0.15, 0.2) is 0 Å². The summed E-state index contributed by atoms with van der Waals surface area (Å²) in [6.07, 6.45) is 11.0. The van der Waals surface area contributed by atoms with Gasteiger partial charge in [0, 0.05) is 17.4 Å². The molecular weight excluding hydrogens is 328 g/mol. The van der Waals surface area contributed by atoms with Crippen molar-refractivity contribution < 1.29 is 0 Å². The summed E-state index contributed by atoms with van der Waals surface area (Å²) in [5.41, 5.74) is 4.95. The van der Waals surface area contributed by atoms with Crippen LogP contribution < -0.4 is 5.56 Å². The van der Waals surface area contributed by atoms with E-state index in [9.17, 15) is 4.79 Å². The second kappa shape index (κ2) is 6.50. The number of thiophene rings is 1. The Kier molecular flexibility index (Phi) is 4.19. The van der Waals surface area contributed by atoms with Crippen molar-refractivity contribution in [3.05, 3.63) is 50.9 Å². The van der Waals surface area contributed by atoms with E-state index in [1.54, 1.807) is 15.9 Å². The average Bonchev–Trinajstić information content (AvgIpc) is 3.07. The Balaban J connectivity index is 1.93. The largest absolute Gasteiger partial charge is 0.284 e. The molecule has 0 unspecified atom stereocenters. The fraction of sp³-hybridized carbons (Fsp3) is 0.333. The molecule has 0 N–H and O–H groups in total. The zero-order valence-corrected chi connectivity index (χ0v) is 15.2. The number of rotatable bonds is 3. The molecule has 0 fully saturated rings. The van der Waals surface area contributed by atoms with Gasteiger partial charge in [0.2, 0.25) is 0 Å². The van der Waals surface area contributed by atoms with Gasteiger partial charge in [-0.05, 0) is 42.4 Å². The second-order valence-electron chi connectivity index (χ2n) is 6.50. The lowest BCUT2D eigenvalue weighted by atomic mass is 9.89. The van der Waals surface area contributed by atoms with Gasteiger partial charge in [-0.2, -0.15) is 0 Å². The summed E-state index contributed by atoms with van der Waals surface area (Å²) in [6, 6.07) is 6.63. The van der Waals surface area contributed by atoms with Gasteiger partial charge in [-0.3, -0.25) is 9.36 Å². The smallest absolute Gasteiger partial charge is 0.263 e. The Morgan fingerprint density at radius 3 is 2.84 bits per heavy atom. The molecule has 25 heavy (non-hydrogen) atoms. The van der Waals surface area contributed by atoms with E-state index in [1.807, 2.05) is 6.92 Å². The van der Waals surface area contributed by atoms with Crippen LogP contribution in [0.25, 0.3) is 21.3 Å². The van der Waals surface area contributed by atoms with Gasteiger partial charge < -0.3 is 0 Å². The van der Waals surface area contributed by atoms with Crippen LogP contribution in [0.15, 0.2) is 28.4 Å². The van der Waals surface area contributed by atoms with Crippen molar-refractivity contribution in [3.8, 4) is 23.5 Å². The van der Waals surface area contributed by atoms with E-state index in [4.69, 9.17) is 11.4 Å². The highest BCUT2D eigenvalue weighted by molar-refractivity contribution is 7.17. The minimum absolute atomic E-state index is 0.0197. The molecule has 4 rings (SSSR count). The maximum absolute atomic E-state index is 13.1. The molecule has 4 heteroatoms. The van der Waals surface area contributed by atoms with E-state index in [0.717, 1.165) is 34.6 Å². The van der Waals surface area contributed by atoms with E-state index < -0.39 is 0 Å². The quantitative estimate of drug-likeness (QED) is 0.665. The van der Waals surface area contributed by atoms with Crippen molar-refractivity contribution in [1.82, 2.24) is 9.55 Å². The molecule has 0 amide bonds. The standard InChI is InChI=1S/C21H20N2OS/c1-3-11-23-18(4-2)22-20-19(21(23)24)17(13-25-20)16-10-9-14-7-5-6-8-15(14)12-16/h1,9-10,12-13H,4-8,11H2,2H3. The van der Waals surface area contributed by atoms with Gasteiger partial charge in [-0.25, -0.2) is 4.98 Å². The van der Waals surface area contributed by atoms with E-state index in [1.165, 1.54) is 24.0 Å². The second-order valence-corrected chi connectivity index (χ2v) is 7.36. The fourth-order valence-corrected chi connectivity index (χ4v) is 4.66. The third-order valence-corrected chi connectivity index (χ3v) is 5.87. The number of hydrogen-bond acceptors (Lipinski definition) is 3. The molecule has 0 radical (unpaired) electrons. The Morgan fingerprint density at radius 1 is 1.28 bits per heavy atom. The SMILES string of the molecule is C#CCn1c(CC)nc2scc(-c3ccc4c(c3)CCCC4)c2c1=O. The molecule has 2 heterocycles. The predicted molar refractivity (Wildman–Crippen MR) is 104 cm³/mol. The maximum atomic E-state index is 13.1. The molecular formula is C21H20N2OS. The van der Waals surface area contributed by atoms with Crippen LogP contribution in [0.5, 0.6) is 0 Å². The van der Waals surface area contributed by atoms with Crippen molar-refractivity contribution in [1.29, 1.82) is 0 Å². The Hall–Kier alpha value is -2.38. The summed E-state index contributed by atoms with van der Waals surface area (Å²) in [5, 5.41) is 2.76. The predicted octanol–water partition coefficient (Wildman–Crippen LogP) is 4.20. The van der Waals surface area contributed by atoms with Crippen molar-refractivity contribution in [3.63, 3.8) is 0 Å². The molecule has 1 aromatic carbocycles. The number of aryl methyl sites for hydroxylation is 3. The number of nitrogens with zero attached hydrogens (tertiary/aromatic N) is 2. The van der Waals surface area contributed by atoms with E-state index in [-0.39, 0.29) is 12.1 Å². The molecule has 3 nitrogen and oxygen atoms in total. The summed E-state index contributed by atoms with van der Waals surface area (Å²) >= 11 is 1.54.